The van der Waals surface area contributed by atoms with Crippen molar-refractivity contribution < 1.29 is 25.5 Å². The molecule has 184 valence electrons. The highest BCUT2D eigenvalue weighted by Gasteiger charge is 2.31. The molecule has 8 nitrogen and oxygen atoms in total. The maximum Gasteiger partial charge on any atom is 0.286 e. The molecule has 0 radical (unpaired) electrons. The van der Waals surface area contributed by atoms with Crippen LogP contribution >= 0.6 is 11.8 Å². The molecule has 2 N–H and O–H groups in total. The van der Waals surface area contributed by atoms with Crippen molar-refractivity contribution in [2.24, 2.45) is 7.05 Å². The van der Waals surface area contributed by atoms with Gasteiger partial charge in [-0.1, -0.05) is 23.9 Å². The van der Waals surface area contributed by atoms with Crippen molar-refractivity contribution in [3.05, 3.63) is 77.1 Å². The van der Waals surface area contributed by atoms with Gasteiger partial charge in [0, 0.05) is 13.1 Å². The number of carbonyl (C=O) groups excluding carboxylic acids is 2. The molecule has 1 saturated heterocycles. The van der Waals surface area contributed by atoms with Gasteiger partial charge in [-0.15, -0.1) is 0 Å². The number of amides is 2. The van der Waals surface area contributed by atoms with Crippen LogP contribution < -0.4 is 14.8 Å². The van der Waals surface area contributed by atoms with Crippen molar-refractivity contribution in [1.82, 2.24) is 14.9 Å². The number of imidazole rings is 1. The lowest BCUT2D eigenvalue weighted by molar-refractivity contribution is -0.118. The quantitative estimate of drug-likeness (QED) is 0.358. The van der Waals surface area contributed by atoms with Gasteiger partial charge in [0.25, 0.3) is 5.24 Å². The molecule has 0 bridgehead atoms. The third-order valence-electron chi connectivity index (χ3n) is 6.01. The molecule has 1 unspecified atom stereocenters. The lowest BCUT2D eigenvalue weighted by atomic mass is 10.1. The zero-order valence-corrected chi connectivity index (χ0v) is 20.8. The Morgan fingerprint density at radius 2 is 1.83 bits per heavy atom. The molecule has 0 saturated carbocycles. The summed E-state index contributed by atoms with van der Waals surface area (Å²) in [5.41, 5.74) is 4.04. The van der Waals surface area contributed by atoms with E-state index in [0.717, 1.165) is 33.5 Å². The third kappa shape index (κ3) is 4.87. The molecule has 1 aromatic heterocycles. The van der Waals surface area contributed by atoms with Gasteiger partial charge in [0.05, 0.1) is 17.6 Å². The molecule has 36 heavy (non-hydrogen) atoms. The summed E-state index contributed by atoms with van der Waals surface area (Å²) in [6.07, 6.45) is 0.119. The fraction of sp³-hybridized carbons (Fsp3) is 0.222. The first-order valence-corrected chi connectivity index (χ1v) is 12.1. The van der Waals surface area contributed by atoms with E-state index in [-0.39, 0.29) is 18.8 Å². The Kier molecular flexibility index (Phi) is 5.98. The van der Waals surface area contributed by atoms with Crippen LogP contribution in [0.4, 0.5) is 4.79 Å². The van der Waals surface area contributed by atoms with Gasteiger partial charge in [0.1, 0.15) is 35.4 Å². The Morgan fingerprint density at radius 3 is 2.56 bits per heavy atom. The zero-order chi connectivity index (χ0) is 26.3. The van der Waals surface area contributed by atoms with E-state index in [1.807, 2.05) is 49.7 Å². The number of phenolic OH excluding ortho intramolecular Hbond substituents is 1. The van der Waals surface area contributed by atoms with E-state index in [0.29, 0.717) is 29.0 Å². The standard InChI is InChI=1S/C27H25N3O5S/c1-15-11-23(16(2)10-22(15)31)35-19-8-9-20-21(13-19)30(3)25(28-20)14-34-18-6-4-17(5-7-18)12-24-26(32)29-27(33)36-24/h4-11,13,24,31H,12,14H2,1-3H3,(H,29,32,33)/i24D. The summed E-state index contributed by atoms with van der Waals surface area (Å²) in [5, 5.41) is 10.0. The van der Waals surface area contributed by atoms with Crippen molar-refractivity contribution >= 4 is 33.9 Å². The van der Waals surface area contributed by atoms with Crippen molar-refractivity contribution in [3.63, 3.8) is 0 Å². The average Bonchev–Trinajstić information content (AvgIpc) is 3.30. The number of hydrogen-bond acceptors (Lipinski definition) is 7. The number of aryl methyl sites for hydroxylation is 3. The van der Waals surface area contributed by atoms with Gasteiger partial charge in [-0.3, -0.25) is 14.9 Å². The van der Waals surface area contributed by atoms with Gasteiger partial charge >= 0.3 is 0 Å². The molecular formula is C27H25N3O5S. The number of thioether (sulfide) groups is 1. The number of rotatable bonds is 7. The highest BCUT2D eigenvalue weighted by molar-refractivity contribution is 8.15. The van der Waals surface area contributed by atoms with Crippen LogP contribution in [0.15, 0.2) is 54.6 Å². The molecule has 0 aliphatic carbocycles. The van der Waals surface area contributed by atoms with Gasteiger partial charge in [0.2, 0.25) is 5.91 Å². The number of carbonyl (C=O) groups is 2. The highest BCUT2D eigenvalue weighted by atomic mass is 32.2. The van der Waals surface area contributed by atoms with Gasteiger partial charge in [0.15, 0.2) is 0 Å². The molecule has 5 rings (SSSR count). The Hall–Kier alpha value is -3.98. The summed E-state index contributed by atoms with van der Waals surface area (Å²) in [4.78, 5) is 28.0. The number of imide groups is 1. The number of aromatic hydroxyl groups is 1. The second kappa shape index (κ2) is 9.58. The topological polar surface area (TPSA) is 103 Å². The molecule has 1 fully saturated rings. The Morgan fingerprint density at radius 1 is 1.08 bits per heavy atom. The number of phenols is 1. The van der Waals surface area contributed by atoms with Crippen LogP contribution in [0.3, 0.4) is 0 Å². The smallest absolute Gasteiger partial charge is 0.286 e. The lowest BCUT2D eigenvalue weighted by Crippen LogP contribution is -2.25. The molecule has 0 spiro atoms. The van der Waals surface area contributed by atoms with E-state index in [9.17, 15) is 14.7 Å². The lowest BCUT2D eigenvalue weighted by Gasteiger charge is -2.11. The summed E-state index contributed by atoms with van der Waals surface area (Å²) in [5.74, 6) is 2.34. The summed E-state index contributed by atoms with van der Waals surface area (Å²) in [7, 11) is 1.91. The van der Waals surface area contributed by atoms with E-state index >= 15 is 0 Å². The monoisotopic (exact) mass is 504 g/mol. The minimum atomic E-state index is -1.55. The molecule has 9 heteroatoms. The Bertz CT molecular complexity index is 1540. The molecule has 1 aliphatic heterocycles. The molecular weight excluding hydrogens is 478 g/mol. The van der Waals surface area contributed by atoms with E-state index in [4.69, 9.17) is 10.8 Å². The van der Waals surface area contributed by atoms with E-state index in [1.54, 1.807) is 30.3 Å². The molecule has 1 atom stereocenters. The van der Waals surface area contributed by atoms with Crippen molar-refractivity contribution in [1.29, 1.82) is 0 Å². The minimum absolute atomic E-state index is 0.119. The van der Waals surface area contributed by atoms with Crippen LogP contribution in [-0.4, -0.2) is 31.0 Å². The summed E-state index contributed by atoms with van der Waals surface area (Å²) >= 11 is 0.695. The first-order valence-electron chi connectivity index (χ1n) is 11.8. The van der Waals surface area contributed by atoms with Gasteiger partial charge < -0.3 is 19.1 Å². The first kappa shape index (κ1) is 22.5. The van der Waals surface area contributed by atoms with Crippen LogP contribution in [-0.2, 0) is 24.9 Å². The predicted molar refractivity (Wildman–Crippen MR) is 138 cm³/mol. The van der Waals surface area contributed by atoms with Crippen LogP contribution in [0.2, 0.25) is 0 Å². The molecule has 2 amide bonds. The van der Waals surface area contributed by atoms with Crippen molar-refractivity contribution in [3.8, 4) is 23.0 Å². The molecule has 3 aromatic carbocycles. The fourth-order valence-electron chi connectivity index (χ4n) is 3.92. The number of ether oxygens (including phenoxy) is 2. The van der Waals surface area contributed by atoms with Gasteiger partial charge in [-0.2, -0.15) is 0 Å². The van der Waals surface area contributed by atoms with Crippen molar-refractivity contribution in [2.75, 3.05) is 0 Å². The molecule has 4 aromatic rings. The zero-order valence-electron chi connectivity index (χ0n) is 21.0. The Balaban J connectivity index is 1.27. The maximum absolute atomic E-state index is 11.9. The summed E-state index contributed by atoms with van der Waals surface area (Å²) in [6, 6.07) is 16.3. The number of hydrogen-bond donors (Lipinski definition) is 2. The van der Waals surface area contributed by atoms with E-state index in [2.05, 4.69) is 10.3 Å². The number of nitrogens with zero attached hydrogens (tertiary/aromatic N) is 2. The van der Waals surface area contributed by atoms with Gasteiger partial charge in [-0.05, 0) is 73.4 Å². The van der Waals surface area contributed by atoms with Crippen LogP contribution in [0, 0.1) is 13.8 Å². The minimum Gasteiger partial charge on any atom is -0.508 e. The van der Waals surface area contributed by atoms with Crippen LogP contribution in [0.5, 0.6) is 23.0 Å². The molecule has 2 heterocycles. The summed E-state index contributed by atoms with van der Waals surface area (Å²) < 4.78 is 22.2. The summed E-state index contributed by atoms with van der Waals surface area (Å²) in [6.45, 7) is 3.95. The van der Waals surface area contributed by atoms with Crippen LogP contribution in [0.25, 0.3) is 11.0 Å². The normalized spacial score (nSPS) is 17.8. The van der Waals surface area contributed by atoms with Crippen molar-refractivity contribution in [2.45, 2.75) is 32.1 Å². The molecule has 1 aliphatic rings. The van der Waals surface area contributed by atoms with Gasteiger partial charge in [-0.25, -0.2) is 4.98 Å². The predicted octanol–water partition coefficient (Wildman–Crippen LogP) is 5.16. The van der Waals surface area contributed by atoms with E-state index < -0.39 is 16.4 Å². The number of fused-ring (bicyclic) bond motifs is 1. The Labute approximate surface area is 213 Å². The highest BCUT2D eigenvalue weighted by Crippen LogP contribution is 2.32. The van der Waals surface area contributed by atoms with E-state index in [1.165, 1.54) is 0 Å². The fourth-order valence-corrected chi connectivity index (χ4v) is 4.67. The average molecular weight is 505 g/mol. The maximum atomic E-state index is 11.9. The third-order valence-corrected chi connectivity index (χ3v) is 6.87. The number of aromatic nitrogens is 2. The largest absolute Gasteiger partial charge is 0.508 e. The number of nitrogens with one attached hydrogen (secondary N) is 1. The second-order valence-corrected chi connectivity index (χ2v) is 9.69. The van der Waals surface area contributed by atoms with Crippen LogP contribution in [0.1, 0.15) is 23.9 Å². The SMILES string of the molecule is [2H]C1(Cc2ccc(OCc3nc4ccc(Oc5cc(C)c(O)cc5C)cc4n3C)cc2)SC(=O)NC1=O. The second-order valence-electron chi connectivity index (χ2n) is 8.62. The number of benzene rings is 3. The first-order chi connectivity index (χ1) is 17.6.